The number of nitrogens with one attached hydrogen (secondary N) is 1. The summed E-state index contributed by atoms with van der Waals surface area (Å²) in [7, 11) is 0. The van der Waals surface area contributed by atoms with Crippen molar-refractivity contribution in [2.75, 3.05) is 44.2 Å². The zero-order valence-corrected chi connectivity index (χ0v) is 19.6. The molecule has 5 rings (SSSR count). The van der Waals surface area contributed by atoms with Crippen LogP contribution in [-0.2, 0) is 23.6 Å². The average molecular weight is 542 g/mol. The van der Waals surface area contributed by atoms with Crippen molar-refractivity contribution < 1.29 is 31.1 Å². The highest BCUT2D eigenvalue weighted by Gasteiger charge is 2.55. The highest BCUT2D eigenvalue weighted by molar-refractivity contribution is 5.87. The number of rotatable bonds is 3. The highest BCUT2D eigenvalue weighted by atomic mass is 19.4. The SMILES string of the molecule is N#CC1(C(=O)N2CCN(c3ncc(C(F)(F)F)cn3)CC2)CN([C@H]2CCc3c2n[nH]c(=O)c3C(F)(F)F)C1. The van der Waals surface area contributed by atoms with Crippen LogP contribution in [0.5, 0.6) is 0 Å². The van der Waals surface area contributed by atoms with Crippen molar-refractivity contribution in [2.45, 2.75) is 31.2 Å². The molecule has 0 radical (unpaired) electrons. The van der Waals surface area contributed by atoms with Crippen molar-refractivity contribution in [1.29, 1.82) is 5.26 Å². The molecular formula is C22H20F6N8O2. The van der Waals surface area contributed by atoms with Crippen molar-refractivity contribution in [1.82, 2.24) is 30.0 Å². The summed E-state index contributed by atoms with van der Waals surface area (Å²) < 4.78 is 78.4. The van der Waals surface area contributed by atoms with E-state index in [9.17, 15) is 41.2 Å². The molecule has 2 aromatic heterocycles. The Kier molecular flexibility index (Phi) is 6.08. The molecule has 2 fully saturated rings. The number of aromatic nitrogens is 4. The van der Waals surface area contributed by atoms with E-state index in [0.29, 0.717) is 12.4 Å². The molecule has 16 heteroatoms. The molecule has 2 aliphatic heterocycles. The van der Waals surface area contributed by atoms with Crippen LogP contribution in [0.2, 0.25) is 0 Å². The molecule has 0 bridgehead atoms. The van der Waals surface area contributed by atoms with Gasteiger partial charge in [0.05, 0.1) is 23.4 Å². The number of likely N-dealkylation sites (tertiary alicyclic amines) is 1. The van der Waals surface area contributed by atoms with Gasteiger partial charge in [-0.15, -0.1) is 0 Å². The molecule has 4 heterocycles. The van der Waals surface area contributed by atoms with Gasteiger partial charge in [-0.05, 0) is 18.4 Å². The zero-order chi connectivity index (χ0) is 27.5. The quantitative estimate of drug-likeness (QED) is 0.583. The van der Waals surface area contributed by atoms with Crippen LogP contribution < -0.4 is 10.5 Å². The third-order valence-electron chi connectivity index (χ3n) is 7.21. The van der Waals surface area contributed by atoms with Gasteiger partial charge in [0, 0.05) is 51.7 Å². The number of carbonyl (C=O) groups is 1. The van der Waals surface area contributed by atoms with E-state index in [1.54, 1.807) is 9.80 Å². The van der Waals surface area contributed by atoms with Crippen molar-refractivity contribution in [2.24, 2.45) is 5.41 Å². The molecule has 0 spiro atoms. The Labute approximate surface area is 210 Å². The summed E-state index contributed by atoms with van der Waals surface area (Å²) >= 11 is 0. The number of nitriles is 1. The highest BCUT2D eigenvalue weighted by Crippen LogP contribution is 2.45. The fourth-order valence-corrected chi connectivity index (χ4v) is 5.27. The van der Waals surface area contributed by atoms with E-state index < -0.39 is 46.4 Å². The number of carbonyl (C=O) groups excluding carboxylic acids is 1. The second-order valence-corrected chi connectivity index (χ2v) is 9.49. The lowest BCUT2D eigenvalue weighted by molar-refractivity contribution is -0.149. The number of piperazine rings is 1. The number of anilines is 1. The Morgan fingerprint density at radius 1 is 1.05 bits per heavy atom. The summed E-state index contributed by atoms with van der Waals surface area (Å²) in [5.74, 6) is -0.327. The molecule has 1 N–H and O–H groups in total. The number of fused-ring (bicyclic) bond motifs is 1. The van der Waals surface area contributed by atoms with Gasteiger partial charge in [-0.25, -0.2) is 15.1 Å². The van der Waals surface area contributed by atoms with E-state index in [-0.39, 0.29) is 69.3 Å². The van der Waals surface area contributed by atoms with Crippen molar-refractivity contribution >= 4 is 11.9 Å². The van der Waals surface area contributed by atoms with E-state index in [2.05, 4.69) is 21.1 Å². The van der Waals surface area contributed by atoms with Crippen LogP contribution >= 0.6 is 0 Å². The van der Waals surface area contributed by atoms with Gasteiger partial charge in [-0.2, -0.15) is 36.7 Å². The van der Waals surface area contributed by atoms with Crippen LogP contribution in [0.4, 0.5) is 32.3 Å². The van der Waals surface area contributed by atoms with E-state index >= 15 is 0 Å². The molecular weight excluding hydrogens is 522 g/mol. The van der Waals surface area contributed by atoms with Crippen LogP contribution in [-0.4, -0.2) is 75.1 Å². The van der Waals surface area contributed by atoms with Crippen molar-refractivity contribution in [3.63, 3.8) is 0 Å². The van der Waals surface area contributed by atoms with E-state index in [0.717, 1.165) is 0 Å². The lowest BCUT2D eigenvalue weighted by Crippen LogP contribution is -2.65. The summed E-state index contributed by atoms with van der Waals surface area (Å²) in [6.07, 6.45) is -7.73. The largest absolute Gasteiger partial charge is 0.422 e. The number of hydrogen-bond donors (Lipinski definition) is 1. The Hall–Kier alpha value is -3.74. The minimum atomic E-state index is -4.83. The van der Waals surface area contributed by atoms with Gasteiger partial charge in [0.25, 0.3) is 5.56 Å². The lowest BCUT2D eigenvalue weighted by atomic mass is 9.78. The van der Waals surface area contributed by atoms with Gasteiger partial charge >= 0.3 is 12.4 Å². The zero-order valence-electron chi connectivity index (χ0n) is 19.6. The number of H-pyrrole nitrogens is 1. The van der Waals surface area contributed by atoms with Gasteiger partial charge in [-0.1, -0.05) is 0 Å². The Bertz CT molecular complexity index is 1340. The fraction of sp³-hybridized carbons (Fsp3) is 0.545. The predicted octanol–water partition coefficient (Wildman–Crippen LogP) is 1.76. The van der Waals surface area contributed by atoms with E-state index in [4.69, 9.17) is 0 Å². The summed E-state index contributed by atoms with van der Waals surface area (Å²) in [5, 5.41) is 15.6. The van der Waals surface area contributed by atoms with E-state index in [1.165, 1.54) is 4.90 Å². The number of alkyl halides is 6. The standard InChI is InChI=1S/C22H20F6N8O2/c23-21(24,25)12-7-30-19(31-8-12)35-5-3-34(4-6-35)18(38)20(9-29)10-36(11-20)14-2-1-13-15(22(26,27)28)17(37)33-32-16(13)14/h7-8,14H,1-6,10-11H2,(H,33,37)/t14-/m0/s1. The molecule has 2 aromatic rings. The number of amides is 1. The van der Waals surface area contributed by atoms with Crippen LogP contribution in [0.1, 0.15) is 34.8 Å². The second kappa shape index (κ2) is 8.93. The van der Waals surface area contributed by atoms with Crippen molar-refractivity contribution in [3.8, 4) is 6.07 Å². The Morgan fingerprint density at radius 2 is 1.68 bits per heavy atom. The lowest BCUT2D eigenvalue weighted by Gasteiger charge is -2.49. The maximum atomic E-state index is 13.4. The van der Waals surface area contributed by atoms with Crippen LogP contribution in [0.25, 0.3) is 0 Å². The average Bonchev–Trinajstić information content (AvgIpc) is 3.25. The molecule has 2 saturated heterocycles. The number of nitrogens with zero attached hydrogens (tertiary/aromatic N) is 7. The number of hydrogen-bond acceptors (Lipinski definition) is 8. The first-order valence-electron chi connectivity index (χ1n) is 11.6. The first kappa shape index (κ1) is 25.9. The minimum Gasteiger partial charge on any atom is -0.338 e. The molecule has 1 amide bonds. The monoisotopic (exact) mass is 542 g/mol. The summed E-state index contributed by atoms with van der Waals surface area (Å²) in [6, 6.07) is 1.50. The molecule has 0 unspecified atom stereocenters. The van der Waals surface area contributed by atoms with Gasteiger partial charge in [0.15, 0.2) is 5.41 Å². The smallest absolute Gasteiger partial charge is 0.338 e. The maximum Gasteiger partial charge on any atom is 0.422 e. The molecule has 202 valence electrons. The molecule has 1 atom stereocenters. The summed E-state index contributed by atoms with van der Waals surface area (Å²) in [6.45, 7) is 0.868. The first-order valence-corrected chi connectivity index (χ1v) is 11.6. The maximum absolute atomic E-state index is 13.4. The molecule has 38 heavy (non-hydrogen) atoms. The first-order chi connectivity index (χ1) is 17.8. The summed E-state index contributed by atoms with van der Waals surface area (Å²) in [4.78, 5) is 37.4. The Balaban J connectivity index is 1.23. The van der Waals surface area contributed by atoms with Crippen molar-refractivity contribution in [3.05, 3.63) is 45.1 Å². The van der Waals surface area contributed by atoms with Gasteiger partial charge in [-0.3, -0.25) is 14.5 Å². The normalized spacial score (nSPS) is 21.6. The third kappa shape index (κ3) is 4.34. The molecule has 0 saturated carbocycles. The van der Waals surface area contributed by atoms with Gasteiger partial charge in [0.1, 0.15) is 5.56 Å². The van der Waals surface area contributed by atoms with Crippen LogP contribution in [0, 0.1) is 16.7 Å². The number of aromatic amines is 1. The molecule has 1 aliphatic carbocycles. The van der Waals surface area contributed by atoms with E-state index in [1.807, 2.05) is 5.10 Å². The second-order valence-electron chi connectivity index (χ2n) is 9.49. The topological polar surface area (TPSA) is 122 Å². The fourth-order valence-electron chi connectivity index (χ4n) is 5.27. The molecule has 0 aromatic carbocycles. The Morgan fingerprint density at radius 3 is 2.24 bits per heavy atom. The van der Waals surface area contributed by atoms with Gasteiger partial charge in [0.2, 0.25) is 11.9 Å². The minimum absolute atomic E-state index is 0.00315. The van der Waals surface area contributed by atoms with Crippen LogP contribution in [0.3, 0.4) is 0 Å². The van der Waals surface area contributed by atoms with Gasteiger partial charge < -0.3 is 9.80 Å². The summed E-state index contributed by atoms with van der Waals surface area (Å²) in [5.41, 5.74) is -4.98. The third-order valence-corrected chi connectivity index (χ3v) is 7.21. The number of halogens is 6. The predicted molar refractivity (Wildman–Crippen MR) is 116 cm³/mol. The molecule has 3 aliphatic rings. The van der Waals surface area contributed by atoms with Crippen LogP contribution in [0.15, 0.2) is 17.2 Å². The molecule has 10 nitrogen and oxygen atoms in total.